The average Bonchev–Trinajstić information content (AvgIpc) is 3.26. The molecule has 6 nitrogen and oxygen atoms in total. The zero-order valence-electron chi connectivity index (χ0n) is 15.1. The van der Waals surface area contributed by atoms with Gasteiger partial charge in [-0.2, -0.15) is 0 Å². The van der Waals surface area contributed by atoms with Gasteiger partial charge in [-0.1, -0.05) is 0 Å². The predicted molar refractivity (Wildman–Crippen MR) is 97.6 cm³/mol. The minimum Gasteiger partial charge on any atom is -0.341 e. The highest BCUT2D eigenvalue weighted by atomic mass is 15.3. The van der Waals surface area contributed by atoms with Gasteiger partial charge >= 0.3 is 0 Å². The first kappa shape index (κ1) is 16.4. The molecule has 0 radical (unpaired) electrons. The van der Waals surface area contributed by atoms with Gasteiger partial charge in [0.15, 0.2) is 0 Å². The molecule has 2 aliphatic rings. The largest absolute Gasteiger partial charge is 0.341 e. The third-order valence-corrected chi connectivity index (χ3v) is 5.11. The molecule has 0 spiro atoms. The summed E-state index contributed by atoms with van der Waals surface area (Å²) in [6.07, 6.45) is 5.51. The number of aromatic nitrogens is 4. The van der Waals surface area contributed by atoms with Gasteiger partial charge in [0.1, 0.15) is 5.82 Å². The fourth-order valence-corrected chi connectivity index (χ4v) is 3.89. The van der Waals surface area contributed by atoms with E-state index in [0.717, 1.165) is 68.0 Å². The molecule has 2 aliphatic heterocycles. The number of anilines is 1. The van der Waals surface area contributed by atoms with Crippen LogP contribution in [0.15, 0.2) is 18.3 Å². The quantitative estimate of drug-likeness (QED) is 0.853. The second-order valence-corrected chi connectivity index (χ2v) is 7.27. The van der Waals surface area contributed by atoms with Crippen molar-refractivity contribution in [3.05, 3.63) is 41.2 Å². The molecule has 132 valence electrons. The molecule has 0 aromatic carbocycles. The van der Waals surface area contributed by atoms with E-state index >= 15 is 0 Å². The molecule has 2 saturated heterocycles. The van der Waals surface area contributed by atoms with Gasteiger partial charge in [-0.3, -0.25) is 4.90 Å². The van der Waals surface area contributed by atoms with Gasteiger partial charge < -0.3 is 4.90 Å². The van der Waals surface area contributed by atoms with Crippen molar-refractivity contribution in [2.24, 2.45) is 0 Å². The summed E-state index contributed by atoms with van der Waals surface area (Å²) >= 11 is 0. The number of likely N-dealkylation sites (tertiary alicyclic amines) is 1. The van der Waals surface area contributed by atoms with E-state index in [4.69, 9.17) is 4.98 Å². The number of nitrogens with zero attached hydrogens (tertiary/aromatic N) is 6. The van der Waals surface area contributed by atoms with Gasteiger partial charge in [0.2, 0.25) is 5.95 Å². The van der Waals surface area contributed by atoms with Crippen LogP contribution >= 0.6 is 0 Å². The van der Waals surface area contributed by atoms with Crippen LogP contribution < -0.4 is 4.90 Å². The number of rotatable bonds is 4. The third kappa shape index (κ3) is 3.79. The normalized spacial score (nSPS) is 21.2. The summed E-state index contributed by atoms with van der Waals surface area (Å²) in [5.41, 5.74) is 3.23. The Morgan fingerprint density at radius 2 is 1.80 bits per heavy atom. The van der Waals surface area contributed by atoms with Crippen molar-refractivity contribution < 1.29 is 0 Å². The molecule has 0 unspecified atom stereocenters. The molecule has 2 aromatic heterocycles. The first-order chi connectivity index (χ1) is 12.2. The van der Waals surface area contributed by atoms with Gasteiger partial charge in [-0.15, -0.1) is 0 Å². The zero-order chi connectivity index (χ0) is 17.2. The monoisotopic (exact) mass is 338 g/mol. The Hall–Kier alpha value is -2.08. The van der Waals surface area contributed by atoms with E-state index in [1.807, 2.05) is 32.2 Å². The highest BCUT2D eigenvalue weighted by molar-refractivity contribution is 5.31. The van der Waals surface area contributed by atoms with Gasteiger partial charge in [-0.25, -0.2) is 19.9 Å². The summed E-state index contributed by atoms with van der Waals surface area (Å²) in [4.78, 5) is 23.3. The van der Waals surface area contributed by atoms with Gasteiger partial charge in [0.05, 0.1) is 5.69 Å². The second-order valence-electron chi connectivity index (χ2n) is 7.27. The first-order valence-electron chi connectivity index (χ1n) is 9.29. The van der Waals surface area contributed by atoms with Crippen molar-refractivity contribution in [1.82, 2.24) is 24.8 Å². The van der Waals surface area contributed by atoms with Crippen LogP contribution in [0, 0.1) is 13.8 Å². The van der Waals surface area contributed by atoms with Gasteiger partial charge in [-0.05, 0) is 51.8 Å². The van der Waals surface area contributed by atoms with Crippen molar-refractivity contribution in [2.45, 2.75) is 45.6 Å². The van der Waals surface area contributed by atoms with Crippen LogP contribution in [-0.4, -0.2) is 51.0 Å². The second kappa shape index (κ2) is 7.04. The highest BCUT2D eigenvalue weighted by Gasteiger charge is 2.26. The minimum absolute atomic E-state index is 0.429. The maximum Gasteiger partial charge on any atom is 0.225 e. The lowest BCUT2D eigenvalue weighted by atomic mass is 10.1. The molecule has 4 rings (SSSR count). The summed E-state index contributed by atoms with van der Waals surface area (Å²) in [6, 6.07) is 4.08. The Balaban J connectivity index is 1.41. The van der Waals surface area contributed by atoms with E-state index < -0.39 is 0 Å². The van der Waals surface area contributed by atoms with Crippen molar-refractivity contribution in [3.8, 4) is 0 Å². The number of hydrogen-bond acceptors (Lipinski definition) is 6. The van der Waals surface area contributed by atoms with E-state index in [2.05, 4.69) is 24.8 Å². The molecule has 4 heterocycles. The molecule has 2 fully saturated rings. The third-order valence-electron chi connectivity index (χ3n) is 5.11. The molecule has 0 saturated carbocycles. The Morgan fingerprint density at radius 1 is 1.04 bits per heavy atom. The fraction of sp³-hybridized carbons (Fsp3) is 0.579. The molecule has 2 aromatic rings. The molecule has 0 amide bonds. The summed E-state index contributed by atoms with van der Waals surface area (Å²) < 4.78 is 0. The molecule has 25 heavy (non-hydrogen) atoms. The van der Waals surface area contributed by atoms with E-state index in [-0.39, 0.29) is 0 Å². The van der Waals surface area contributed by atoms with E-state index in [1.54, 1.807) is 0 Å². The molecule has 0 N–H and O–H groups in total. The van der Waals surface area contributed by atoms with E-state index in [9.17, 15) is 0 Å². The molecule has 0 bridgehead atoms. The Morgan fingerprint density at radius 3 is 2.56 bits per heavy atom. The lowest BCUT2D eigenvalue weighted by Crippen LogP contribution is -2.23. The summed E-state index contributed by atoms with van der Waals surface area (Å²) in [5.74, 6) is 2.32. The number of hydrogen-bond donors (Lipinski definition) is 0. The van der Waals surface area contributed by atoms with Crippen molar-refractivity contribution in [2.75, 3.05) is 31.1 Å². The smallest absolute Gasteiger partial charge is 0.225 e. The van der Waals surface area contributed by atoms with Gasteiger partial charge in [0, 0.05) is 49.7 Å². The average molecular weight is 338 g/mol. The molecular weight excluding hydrogens is 312 g/mol. The van der Waals surface area contributed by atoms with E-state index in [1.165, 1.54) is 12.8 Å². The van der Waals surface area contributed by atoms with Crippen LogP contribution in [0.3, 0.4) is 0 Å². The Bertz CT molecular complexity index is 720. The maximum atomic E-state index is 4.79. The lowest BCUT2D eigenvalue weighted by molar-refractivity contribution is 0.321. The summed E-state index contributed by atoms with van der Waals surface area (Å²) in [5, 5.41) is 0. The number of aryl methyl sites for hydroxylation is 2. The molecular formula is C19H26N6. The molecule has 6 heteroatoms. The first-order valence-corrected chi connectivity index (χ1v) is 9.29. The Kier molecular flexibility index (Phi) is 4.61. The topological polar surface area (TPSA) is 58.0 Å². The summed E-state index contributed by atoms with van der Waals surface area (Å²) in [7, 11) is 0. The lowest BCUT2D eigenvalue weighted by Gasteiger charge is -2.18. The predicted octanol–water partition coefficient (Wildman–Crippen LogP) is 2.47. The van der Waals surface area contributed by atoms with Crippen LogP contribution in [0.5, 0.6) is 0 Å². The Labute approximate surface area is 149 Å². The maximum absolute atomic E-state index is 4.79. The van der Waals surface area contributed by atoms with Crippen LogP contribution in [0.25, 0.3) is 0 Å². The fourth-order valence-electron chi connectivity index (χ4n) is 3.89. The van der Waals surface area contributed by atoms with Crippen LogP contribution in [0.2, 0.25) is 0 Å². The summed E-state index contributed by atoms with van der Waals surface area (Å²) in [6.45, 7) is 9.22. The zero-order valence-corrected chi connectivity index (χ0v) is 15.1. The standard InChI is InChI=1S/C19H26N6/c1-14-11-15(2)22-18(21-14)16-6-10-24(12-16)13-17-5-7-20-19(23-17)25-8-3-4-9-25/h5,7,11,16H,3-4,6,8-10,12-13H2,1-2H3/t16-/m0/s1. The van der Waals surface area contributed by atoms with Crippen LogP contribution in [-0.2, 0) is 6.54 Å². The minimum atomic E-state index is 0.429. The van der Waals surface area contributed by atoms with Crippen LogP contribution in [0.1, 0.15) is 48.1 Å². The SMILES string of the molecule is Cc1cc(C)nc([C@H]2CCN(Cc3ccnc(N4CCCC4)n3)C2)n1. The molecule has 1 atom stereocenters. The van der Waals surface area contributed by atoms with E-state index in [0.29, 0.717) is 5.92 Å². The van der Waals surface area contributed by atoms with Crippen LogP contribution in [0.4, 0.5) is 5.95 Å². The van der Waals surface area contributed by atoms with Crippen molar-refractivity contribution >= 4 is 5.95 Å². The molecule has 0 aliphatic carbocycles. The van der Waals surface area contributed by atoms with Crippen molar-refractivity contribution in [3.63, 3.8) is 0 Å². The van der Waals surface area contributed by atoms with Crippen molar-refractivity contribution in [1.29, 1.82) is 0 Å². The highest BCUT2D eigenvalue weighted by Crippen LogP contribution is 2.26. The van der Waals surface area contributed by atoms with Gasteiger partial charge in [0.25, 0.3) is 0 Å².